The van der Waals surface area contributed by atoms with Gasteiger partial charge in [0.15, 0.2) is 6.04 Å². The Labute approximate surface area is 99.8 Å². The van der Waals surface area contributed by atoms with Crippen molar-refractivity contribution in [1.29, 1.82) is 0 Å². The minimum absolute atomic E-state index is 0.0494. The monoisotopic (exact) mass is 243 g/mol. The van der Waals surface area contributed by atoms with E-state index in [1.807, 2.05) is 0 Å². The standard InChI is InChI=1S/C11H17NO5/c1-11(2,3)17-10(14)12-5-6-8(16-6)7(12)9(13)15-4/h6-8H,5H2,1-4H3/t6-,7+,8-/m1/s1. The second kappa shape index (κ2) is 3.87. The van der Waals surface area contributed by atoms with Crippen LogP contribution in [-0.4, -0.2) is 54.5 Å². The molecule has 0 aromatic rings. The minimum Gasteiger partial charge on any atom is -0.467 e. The number of hydrogen-bond acceptors (Lipinski definition) is 5. The molecule has 3 atom stereocenters. The van der Waals surface area contributed by atoms with Crippen molar-refractivity contribution < 1.29 is 23.8 Å². The lowest BCUT2D eigenvalue weighted by Crippen LogP contribution is -2.47. The summed E-state index contributed by atoms with van der Waals surface area (Å²) in [6, 6.07) is -0.667. The summed E-state index contributed by atoms with van der Waals surface area (Å²) >= 11 is 0. The average Bonchev–Trinajstić information content (AvgIpc) is 2.86. The fourth-order valence-corrected chi connectivity index (χ4v) is 1.96. The second-order valence-electron chi connectivity index (χ2n) is 5.24. The first-order chi connectivity index (χ1) is 7.83. The minimum atomic E-state index is -0.667. The van der Waals surface area contributed by atoms with Crippen LogP contribution in [0.5, 0.6) is 0 Å². The molecule has 0 N–H and O–H groups in total. The smallest absolute Gasteiger partial charge is 0.411 e. The van der Waals surface area contributed by atoms with E-state index in [1.54, 1.807) is 20.8 Å². The summed E-state index contributed by atoms with van der Waals surface area (Å²) < 4.78 is 15.2. The molecule has 2 heterocycles. The van der Waals surface area contributed by atoms with Crippen LogP contribution in [0.15, 0.2) is 0 Å². The molecule has 2 saturated heterocycles. The zero-order valence-corrected chi connectivity index (χ0v) is 10.4. The first kappa shape index (κ1) is 12.2. The highest BCUT2D eigenvalue weighted by atomic mass is 16.6. The van der Waals surface area contributed by atoms with Crippen molar-refractivity contribution >= 4 is 12.1 Å². The number of nitrogens with zero attached hydrogens (tertiary/aromatic N) is 1. The number of carbonyl (C=O) groups excluding carboxylic acids is 2. The molecule has 0 aliphatic carbocycles. The molecule has 0 radical (unpaired) electrons. The number of esters is 1. The second-order valence-corrected chi connectivity index (χ2v) is 5.24. The van der Waals surface area contributed by atoms with Gasteiger partial charge in [0.25, 0.3) is 0 Å². The van der Waals surface area contributed by atoms with Crippen molar-refractivity contribution in [2.75, 3.05) is 13.7 Å². The molecule has 96 valence electrons. The van der Waals surface area contributed by atoms with Crippen LogP contribution < -0.4 is 0 Å². The van der Waals surface area contributed by atoms with Gasteiger partial charge in [-0.3, -0.25) is 4.90 Å². The molecule has 2 aliphatic rings. The maximum absolute atomic E-state index is 11.9. The molecule has 0 spiro atoms. The van der Waals surface area contributed by atoms with E-state index in [0.29, 0.717) is 6.54 Å². The fraction of sp³-hybridized carbons (Fsp3) is 0.818. The summed E-state index contributed by atoms with van der Waals surface area (Å²) in [7, 11) is 1.30. The highest BCUT2D eigenvalue weighted by Crippen LogP contribution is 2.37. The number of amides is 1. The topological polar surface area (TPSA) is 68.4 Å². The Balaban J connectivity index is 2.05. The van der Waals surface area contributed by atoms with Gasteiger partial charge in [-0.1, -0.05) is 0 Å². The molecule has 0 aromatic carbocycles. The molecule has 6 nitrogen and oxygen atoms in total. The van der Waals surface area contributed by atoms with Crippen LogP contribution >= 0.6 is 0 Å². The molecule has 2 rings (SSSR count). The van der Waals surface area contributed by atoms with Crippen molar-refractivity contribution in [3.8, 4) is 0 Å². The van der Waals surface area contributed by atoms with Crippen LogP contribution in [0.4, 0.5) is 4.79 Å². The molecule has 2 fully saturated rings. The Morgan fingerprint density at radius 2 is 2.00 bits per heavy atom. The summed E-state index contributed by atoms with van der Waals surface area (Å²) in [5.74, 6) is -0.458. The van der Waals surface area contributed by atoms with Crippen molar-refractivity contribution in [3.05, 3.63) is 0 Å². The van der Waals surface area contributed by atoms with Gasteiger partial charge in [-0.25, -0.2) is 9.59 Å². The molecule has 2 aliphatic heterocycles. The predicted octanol–water partition coefficient (Wildman–Crippen LogP) is 0.546. The highest BCUT2D eigenvalue weighted by molar-refractivity contribution is 5.83. The molecule has 1 amide bonds. The largest absolute Gasteiger partial charge is 0.467 e. The predicted molar refractivity (Wildman–Crippen MR) is 57.4 cm³/mol. The van der Waals surface area contributed by atoms with Crippen LogP contribution in [0.25, 0.3) is 0 Å². The lowest BCUT2D eigenvalue weighted by Gasteiger charge is -2.28. The van der Waals surface area contributed by atoms with E-state index in [4.69, 9.17) is 9.47 Å². The first-order valence-electron chi connectivity index (χ1n) is 5.56. The van der Waals surface area contributed by atoms with E-state index in [1.165, 1.54) is 12.0 Å². The third-order valence-corrected chi connectivity index (χ3v) is 2.72. The van der Waals surface area contributed by atoms with Crippen LogP contribution in [0.3, 0.4) is 0 Å². The van der Waals surface area contributed by atoms with Gasteiger partial charge >= 0.3 is 12.1 Å². The van der Waals surface area contributed by atoms with Gasteiger partial charge < -0.3 is 14.2 Å². The van der Waals surface area contributed by atoms with Crippen molar-refractivity contribution in [3.63, 3.8) is 0 Å². The van der Waals surface area contributed by atoms with E-state index in [0.717, 1.165) is 0 Å². The van der Waals surface area contributed by atoms with Gasteiger partial charge in [-0.05, 0) is 20.8 Å². The number of fused-ring (bicyclic) bond motifs is 1. The maximum Gasteiger partial charge on any atom is 0.411 e. The van der Waals surface area contributed by atoms with Crippen molar-refractivity contribution in [2.24, 2.45) is 0 Å². The Bertz CT molecular complexity index is 348. The Morgan fingerprint density at radius 3 is 2.53 bits per heavy atom. The molecule has 0 aromatic heterocycles. The molecular weight excluding hydrogens is 226 g/mol. The normalized spacial score (nSPS) is 30.8. The van der Waals surface area contributed by atoms with E-state index < -0.39 is 23.7 Å². The summed E-state index contributed by atoms with van der Waals surface area (Å²) in [6.07, 6.45) is -0.773. The van der Waals surface area contributed by atoms with Gasteiger partial charge in [-0.15, -0.1) is 0 Å². The highest BCUT2D eigenvalue weighted by Gasteiger charge is 2.60. The molecule has 17 heavy (non-hydrogen) atoms. The van der Waals surface area contributed by atoms with Crippen LogP contribution in [0.1, 0.15) is 20.8 Å². The third kappa shape index (κ3) is 2.36. The Morgan fingerprint density at radius 1 is 1.35 bits per heavy atom. The summed E-state index contributed by atoms with van der Waals surface area (Å²) in [5.41, 5.74) is -0.578. The number of hydrogen-bond donors (Lipinski definition) is 0. The molecule has 0 bridgehead atoms. The Hall–Kier alpha value is -1.30. The number of epoxide rings is 1. The molecule has 0 saturated carbocycles. The number of likely N-dealkylation sites (tertiary alicyclic amines) is 1. The number of morpholine rings is 1. The van der Waals surface area contributed by atoms with Crippen molar-refractivity contribution in [2.45, 2.75) is 44.6 Å². The summed E-state index contributed by atoms with van der Waals surface area (Å²) in [4.78, 5) is 24.9. The quantitative estimate of drug-likeness (QED) is 0.497. The van der Waals surface area contributed by atoms with E-state index in [2.05, 4.69) is 4.74 Å². The number of carbonyl (C=O) groups is 2. The molecule has 6 heteroatoms. The fourth-order valence-electron chi connectivity index (χ4n) is 1.96. The van der Waals surface area contributed by atoms with Gasteiger partial charge in [-0.2, -0.15) is 0 Å². The van der Waals surface area contributed by atoms with Gasteiger partial charge in [0.05, 0.1) is 13.7 Å². The van der Waals surface area contributed by atoms with Gasteiger partial charge in [0, 0.05) is 0 Å². The first-order valence-corrected chi connectivity index (χ1v) is 5.56. The SMILES string of the molecule is COC(=O)[C@@H]1[C@@H]2O[C@@H]2CN1C(=O)OC(C)(C)C. The lowest BCUT2D eigenvalue weighted by atomic mass is 10.2. The lowest BCUT2D eigenvalue weighted by molar-refractivity contribution is -0.147. The maximum atomic E-state index is 11.9. The Kier molecular flexibility index (Phi) is 2.77. The van der Waals surface area contributed by atoms with Gasteiger partial charge in [0.2, 0.25) is 0 Å². The number of rotatable bonds is 1. The zero-order chi connectivity index (χ0) is 12.8. The van der Waals surface area contributed by atoms with Crippen LogP contribution in [-0.2, 0) is 19.0 Å². The van der Waals surface area contributed by atoms with E-state index in [9.17, 15) is 9.59 Å². The van der Waals surface area contributed by atoms with Crippen LogP contribution in [0, 0.1) is 0 Å². The number of ether oxygens (including phenoxy) is 3. The van der Waals surface area contributed by atoms with Gasteiger partial charge in [0.1, 0.15) is 17.8 Å². The van der Waals surface area contributed by atoms with E-state index >= 15 is 0 Å². The van der Waals surface area contributed by atoms with E-state index in [-0.39, 0.29) is 12.2 Å². The van der Waals surface area contributed by atoms with Crippen LogP contribution in [0.2, 0.25) is 0 Å². The van der Waals surface area contributed by atoms with Crippen molar-refractivity contribution in [1.82, 2.24) is 4.90 Å². The number of methoxy groups -OCH3 is 1. The molecule has 0 unspecified atom stereocenters. The zero-order valence-electron chi connectivity index (χ0n) is 10.4. The summed E-state index contributed by atoms with van der Waals surface area (Å²) in [6.45, 7) is 5.74. The average molecular weight is 243 g/mol. The third-order valence-electron chi connectivity index (χ3n) is 2.72. The molecular formula is C11H17NO5. The summed E-state index contributed by atoms with van der Waals surface area (Å²) in [5, 5.41) is 0.